The van der Waals surface area contributed by atoms with E-state index < -0.39 is 6.03 Å². The summed E-state index contributed by atoms with van der Waals surface area (Å²) < 4.78 is 5.33. The first-order valence-electron chi connectivity index (χ1n) is 6.62. The Morgan fingerprint density at radius 2 is 2.30 bits per heavy atom. The summed E-state index contributed by atoms with van der Waals surface area (Å²) in [5.74, 6) is -0.0811. The highest BCUT2D eigenvalue weighted by atomic mass is 35.5. The molecule has 0 radical (unpaired) electrons. The Bertz CT molecular complexity index is 701. The highest BCUT2D eigenvalue weighted by molar-refractivity contribution is 6.29. The average Bonchev–Trinajstić information content (AvgIpc) is 2.51. The minimum Gasteiger partial charge on any atom is -0.405 e. The maximum atomic E-state index is 11.7. The molecule has 1 aromatic heterocycles. The Morgan fingerprint density at radius 3 is 2.96 bits per heavy atom. The van der Waals surface area contributed by atoms with Crippen molar-refractivity contribution in [2.75, 3.05) is 6.54 Å². The molecule has 0 aliphatic carbocycles. The molecule has 1 aromatic rings. The molecule has 2 rings (SSSR count). The van der Waals surface area contributed by atoms with Crippen LogP contribution >= 0.6 is 11.6 Å². The first-order valence-corrected chi connectivity index (χ1v) is 7.00. The number of aromatic nitrogens is 1. The fraction of sp³-hybridized carbons (Fsp3) is 0.214. The molecule has 1 saturated heterocycles. The molecule has 0 atom stereocenters. The Kier molecular flexibility index (Phi) is 5.42. The van der Waals surface area contributed by atoms with Gasteiger partial charge < -0.3 is 4.74 Å². The molecule has 23 heavy (non-hydrogen) atoms. The molecule has 0 bridgehead atoms. The molecular weight excluding hydrogens is 322 g/mol. The van der Waals surface area contributed by atoms with Crippen molar-refractivity contribution < 1.29 is 14.3 Å². The SMILES string of the molecule is C=NC(=N/C=C(\C)N1CCC(=O)NC1=O)Oc1cccc(Cl)n1. The summed E-state index contributed by atoms with van der Waals surface area (Å²) in [5, 5.41) is 2.50. The lowest BCUT2D eigenvalue weighted by atomic mass is 10.3. The second kappa shape index (κ2) is 7.50. The maximum Gasteiger partial charge on any atom is 0.328 e. The lowest BCUT2D eigenvalue weighted by molar-refractivity contribution is -0.121. The predicted molar refractivity (Wildman–Crippen MR) is 85.5 cm³/mol. The third-order valence-corrected chi connectivity index (χ3v) is 3.07. The first kappa shape index (κ1) is 16.6. The number of pyridine rings is 1. The van der Waals surface area contributed by atoms with Gasteiger partial charge >= 0.3 is 12.1 Å². The van der Waals surface area contributed by atoms with Crippen LogP contribution in [0.5, 0.6) is 5.88 Å². The van der Waals surface area contributed by atoms with Gasteiger partial charge in [-0.1, -0.05) is 17.7 Å². The largest absolute Gasteiger partial charge is 0.405 e. The Labute approximate surface area is 137 Å². The van der Waals surface area contributed by atoms with Gasteiger partial charge in [-0.2, -0.15) is 0 Å². The smallest absolute Gasteiger partial charge is 0.328 e. The molecule has 1 N–H and O–H groups in total. The predicted octanol–water partition coefficient (Wildman–Crippen LogP) is 1.97. The molecule has 1 fully saturated rings. The number of aliphatic imine (C=N–C) groups is 2. The third-order valence-electron chi connectivity index (χ3n) is 2.86. The van der Waals surface area contributed by atoms with Crippen LogP contribution in [0.25, 0.3) is 0 Å². The molecule has 3 amide bonds. The molecule has 2 heterocycles. The summed E-state index contributed by atoms with van der Waals surface area (Å²) in [6.07, 6.45) is 1.63. The number of carbonyl (C=O) groups is 2. The Morgan fingerprint density at radius 1 is 1.52 bits per heavy atom. The minimum absolute atomic E-state index is 0.0485. The number of ether oxygens (including phenoxy) is 1. The van der Waals surface area contributed by atoms with Gasteiger partial charge in [0.1, 0.15) is 5.15 Å². The molecule has 0 spiro atoms. The number of hydrogen-bond acceptors (Lipinski definition) is 5. The number of nitrogens with zero attached hydrogens (tertiary/aromatic N) is 4. The van der Waals surface area contributed by atoms with Crippen LogP contribution in [-0.4, -0.2) is 41.1 Å². The van der Waals surface area contributed by atoms with Crippen molar-refractivity contribution in [2.45, 2.75) is 13.3 Å². The zero-order valence-corrected chi connectivity index (χ0v) is 13.1. The van der Waals surface area contributed by atoms with E-state index in [9.17, 15) is 9.59 Å². The number of rotatable bonds is 3. The number of amidine groups is 1. The van der Waals surface area contributed by atoms with Crippen LogP contribution in [0.1, 0.15) is 13.3 Å². The molecule has 9 heteroatoms. The summed E-state index contributed by atoms with van der Waals surface area (Å²) in [5.41, 5.74) is 0.527. The van der Waals surface area contributed by atoms with E-state index in [1.165, 1.54) is 11.1 Å². The van der Waals surface area contributed by atoms with E-state index in [0.717, 1.165) is 0 Å². The fourth-order valence-corrected chi connectivity index (χ4v) is 1.91. The van der Waals surface area contributed by atoms with Crippen molar-refractivity contribution >= 4 is 36.3 Å². The van der Waals surface area contributed by atoms with E-state index in [4.69, 9.17) is 16.3 Å². The Hall–Kier alpha value is -2.74. The molecule has 1 aliphatic heterocycles. The molecule has 0 aromatic carbocycles. The number of hydrogen-bond donors (Lipinski definition) is 1. The zero-order chi connectivity index (χ0) is 16.8. The van der Waals surface area contributed by atoms with Gasteiger partial charge in [-0.25, -0.2) is 19.8 Å². The maximum absolute atomic E-state index is 11.7. The normalized spacial score (nSPS) is 16.2. The number of carbonyl (C=O) groups excluding carboxylic acids is 2. The van der Waals surface area contributed by atoms with Gasteiger partial charge in [0.05, 0.1) is 6.20 Å². The van der Waals surface area contributed by atoms with E-state index in [-0.39, 0.29) is 35.9 Å². The summed E-state index contributed by atoms with van der Waals surface area (Å²) in [4.78, 5) is 35.8. The molecular formula is C14H14ClN5O3. The van der Waals surface area contributed by atoms with E-state index in [2.05, 4.69) is 27.0 Å². The molecule has 1 aliphatic rings. The van der Waals surface area contributed by atoms with Crippen LogP contribution in [0.4, 0.5) is 4.79 Å². The number of nitrogens with one attached hydrogen (secondary N) is 1. The van der Waals surface area contributed by atoms with Gasteiger partial charge in [-0.05, 0) is 19.7 Å². The number of urea groups is 1. The number of amides is 3. The van der Waals surface area contributed by atoms with Crippen molar-refractivity contribution in [1.29, 1.82) is 0 Å². The van der Waals surface area contributed by atoms with E-state index >= 15 is 0 Å². The highest BCUT2D eigenvalue weighted by Gasteiger charge is 2.23. The summed E-state index contributed by atoms with van der Waals surface area (Å²) >= 11 is 5.76. The number of allylic oxidation sites excluding steroid dienone is 1. The van der Waals surface area contributed by atoms with E-state index in [1.807, 2.05) is 0 Å². The number of halogens is 1. The van der Waals surface area contributed by atoms with Crippen molar-refractivity contribution in [3.05, 3.63) is 35.2 Å². The van der Waals surface area contributed by atoms with Crippen molar-refractivity contribution in [3.63, 3.8) is 0 Å². The zero-order valence-electron chi connectivity index (χ0n) is 12.3. The monoisotopic (exact) mass is 335 g/mol. The highest BCUT2D eigenvalue weighted by Crippen LogP contribution is 2.13. The average molecular weight is 336 g/mol. The lowest BCUT2D eigenvalue weighted by Crippen LogP contribution is -2.48. The van der Waals surface area contributed by atoms with Gasteiger partial charge in [0.2, 0.25) is 11.8 Å². The van der Waals surface area contributed by atoms with E-state index in [1.54, 1.807) is 25.1 Å². The van der Waals surface area contributed by atoms with Crippen LogP contribution in [0.3, 0.4) is 0 Å². The van der Waals surface area contributed by atoms with Gasteiger partial charge in [-0.3, -0.25) is 15.0 Å². The molecule has 0 saturated carbocycles. The summed E-state index contributed by atoms with van der Waals surface area (Å²) in [6.45, 7) is 5.33. The van der Waals surface area contributed by atoms with Crippen LogP contribution < -0.4 is 10.1 Å². The Balaban J connectivity index is 2.09. The van der Waals surface area contributed by atoms with Crippen LogP contribution in [0, 0.1) is 0 Å². The molecule has 0 unspecified atom stereocenters. The van der Waals surface area contributed by atoms with Gasteiger partial charge in [-0.15, -0.1) is 0 Å². The molecule has 120 valence electrons. The topological polar surface area (TPSA) is 96.2 Å². The second-order valence-corrected chi connectivity index (χ2v) is 4.88. The van der Waals surface area contributed by atoms with Crippen molar-refractivity contribution in [1.82, 2.24) is 15.2 Å². The number of imide groups is 1. The fourth-order valence-electron chi connectivity index (χ4n) is 1.76. The van der Waals surface area contributed by atoms with Gasteiger partial charge in [0, 0.05) is 24.7 Å². The van der Waals surface area contributed by atoms with Gasteiger partial charge in [0.25, 0.3) is 0 Å². The molecule has 8 nitrogen and oxygen atoms in total. The third kappa shape index (κ3) is 4.62. The standard InChI is InChI=1S/C14H14ClN5O3/c1-9(20-7-6-11(21)19-14(20)22)8-17-13(16-2)23-12-5-3-4-10(15)18-12/h3-5,8H,2,6-7H2,1H3,(H,19,21,22)/b9-8+,17-13?. The quantitative estimate of drug-likeness (QED) is 0.519. The van der Waals surface area contributed by atoms with Crippen LogP contribution in [0.2, 0.25) is 5.15 Å². The van der Waals surface area contributed by atoms with Crippen LogP contribution in [-0.2, 0) is 4.79 Å². The van der Waals surface area contributed by atoms with Crippen molar-refractivity contribution in [3.8, 4) is 5.88 Å². The van der Waals surface area contributed by atoms with E-state index in [0.29, 0.717) is 5.70 Å². The summed E-state index contributed by atoms with van der Waals surface area (Å²) in [6, 6.07) is 4.32. The lowest BCUT2D eigenvalue weighted by Gasteiger charge is -2.26. The van der Waals surface area contributed by atoms with Crippen molar-refractivity contribution in [2.24, 2.45) is 9.98 Å². The van der Waals surface area contributed by atoms with Gasteiger partial charge in [0.15, 0.2) is 0 Å². The first-order chi connectivity index (χ1) is 11.0. The minimum atomic E-state index is -0.490. The van der Waals surface area contributed by atoms with Crippen LogP contribution in [0.15, 0.2) is 40.1 Å². The summed E-state index contributed by atoms with van der Waals surface area (Å²) in [7, 11) is 0. The second-order valence-electron chi connectivity index (χ2n) is 4.50.